The van der Waals surface area contributed by atoms with E-state index >= 15 is 0 Å². The molecule has 0 amide bonds. The minimum atomic E-state index is -1.50. The SMILES string of the molecule is C[Si]1(C)CCC=C[C@H](O)C1.O=[N+]([O-])O.[Ag+].[C-]#[N+]CCC[Si]1(C)CCC=C[C@H](O)C1.[CH3-]. The summed E-state index contributed by atoms with van der Waals surface area (Å²) in [5, 5.41) is 32.7. The molecule has 178 valence electrons. The molecule has 0 saturated heterocycles. The molecule has 0 radical (unpaired) electrons. The van der Waals surface area contributed by atoms with Gasteiger partial charge in [-0.3, -0.25) is 0 Å². The Morgan fingerprint density at radius 2 is 1.57 bits per heavy atom. The van der Waals surface area contributed by atoms with Crippen molar-refractivity contribution in [2.75, 3.05) is 6.54 Å². The normalized spacial score (nSPS) is 26.4. The zero-order valence-corrected chi connectivity index (χ0v) is 22.2. The molecule has 0 aromatic carbocycles. The van der Waals surface area contributed by atoms with Crippen molar-refractivity contribution < 1.29 is 42.9 Å². The predicted molar refractivity (Wildman–Crippen MR) is 124 cm³/mol. The van der Waals surface area contributed by atoms with Gasteiger partial charge in [0.15, 0.2) is 0 Å². The quantitative estimate of drug-likeness (QED) is 0.117. The van der Waals surface area contributed by atoms with Crippen molar-refractivity contribution in [1.29, 1.82) is 0 Å². The Hall–Kier alpha value is -0.736. The van der Waals surface area contributed by atoms with Gasteiger partial charge in [0.05, 0.1) is 28.4 Å². The van der Waals surface area contributed by atoms with Gasteiger partial charge in [-0.15, -0.1) is 10.1 Å². The van der Waals surface area contributed by atoms with Gasteiger partial charge >= 0.3 is 22.4 Å². The van der Waals surface area contributed by atoms with E-state index in [-0.39, 0.29) is 42.0 Å². The van der Waals surface area contributed by atoms with Crippen molar-refractivity contribution in [3.8, 4) is 0 Å². The van der Waals surface area contributed by atoms with Crippen LogP contribution in [0.25, 0.3) is 4.85 Å². The van der Waals surface area contributed by atoms with Crippen LogP contribution in [-0.4, -0.2) is 55.4 Å². The molecule has 0 bridgehead atoms. The van der Waals surface area contributed by atoms with Crippen molar-refractivity contribution in [3.05, 3.63) is 53.3 Å². The molecule has 0 fully saturated rings. The van der Waals surface area contributed by atoms with Gasteiger partial charge in [0.1, 0.15) is 0 Å². The summed E-state index contributed by atoms with van der Waals surface area (Å²) in [5.41, 5.74) is 0. The van der Waals surface area contributed by atoms with Crippen LogP contribution >= 0.6 is 0 Å². The van der Waals surface area contributed by atoms with E-state index in [1.165, 1.54) is 24.6 Å². The molecule has 3 atom stereocenters. The molecule has 2 aliphatic heterocycles. The van der Waals surface area contributed by atoms with E-state index in [4.69, 9.17) is 21.9 Å². The molecule has 7 nitrogen and oxygen atoms in total. The fourth-order valence-electron chi connectivity index (χ4n) is 3.64. The zero-order valence-electron chi connectivity index (χ0n) is 18.7. The van der Waals surface area contributed by atoms with Gasteiger partial charge in [0.25, 0.3) is 5.09 Å². The third-order valence-electron chi connectivity index (χ3n) is 5.13. The number of aliphatic hydroxyl groups is 2. The van der Waals surface area contributed by atoms with Gasteiger partial charge in [-0.2, -0.15) is 0 Å². The molecule has 2 rings (SSSR count). The van der Waals surface area contributed by atoms with E-state index in [2.05, 4.69) is 36.6 Å². The predicted octanol–water partition coefficient (Wildman–Crippen LogP) is 4.81. The first kappa shape index (κ1) is 33.9. The molecule has 30 heavy (non-hydrogen) atoms. The van der Waals surface area contributed by atoms with Crippen LogP contribution in [0.5, 0.6) is 0 Å². The summed E-state index contributed by atoms with van der Waals surface area (Å²) in [6.07, 6.45) is 11.1. The van der Waals surface area contributed by atoms with Gasteiger partial charge in [0, 0.05) is 6.42 Å². The minimum absolute atomic E-state index is 0. The summed E-state index contributed by atoms with van der Waals surface area (Å²) >= 11 is 0. The molecule has 3 N–H and O–H groups in total. The molecule has 0 aromatic rings. The van der Waals surface area contributed by atoms with Gasteiger partial charge in [-0.25, -0.2) is 6.57 Å². The largest absolute Gasteiger partial charge is 1.00 e. The molecule has 0 saturated carbocycles. The van der Waals surface area contributed by atoms with E-state index < -0.39 is 21.2 Å². The molecule has 1 unspecified atom stereocenters. The summed E-state index contributed by atoms with van der Waals surface area (Å²) in [5.74, 6) is 0. The van der Waals surface area contributed by atoms with E-state index in [9.17, 15) is 10.2 Å². The summed E-state index contributed by atoms with van der Waals surface area (Å²) in [6, 6.07) is 5.85. The second kappa shape index (κ2) is 17.9. The van der Waals surface area contributed by atoms with Crippen LogP contribution in [0.1, 0.15) is 19.3 Å². The fraction of sp³-hybridized carbons (Fsp3) is 0.700. The number of rotatable bonds is 3. The first-order chi connectivity index (χ1) is 13.0. The zero-order chi connectivity index (χ0) is 21.6. The first-order valence-electron chi connectivity index (χ1n) is 9.86. The van der Waals surface area contributed by atoms with E-state index in [1.807, 2.05) is 12.2 Å². The van der Waals surface area contributed by atoms with Crippen LogP contribution in [0.4, 0.5) is 0 Å². The van der Waals surface area contributed by atoms with Crippen LogP contribution < -0.4 is 0 Å². The molecule has 2 aliphatic rings. The Balaban J connectivity index is -0.000000402. The van der Waals surface area contributed by atoms with Crippen molar-refractivity contribution in [1.82, 2.24) is 0 Å². The smallest absolute Gasteiger partial charge is 0.389 e. The van der Waals surface area contributed by atoms with Crippen LogP contribution in [0.15, 0.2) is 24.3 Å². The standard InChI is InChI=1S/C11H19NOSi.C8H16OSi.CH3.Ag.HNO3/c1-12-7-5-9-14(2)8-4-3-6-11(13)10-14;1-10(2)6-4-3-5-8(9)7-10;;;2-1(3)4/h3,6,11,13H,4-5,7-10H2,2H3;3,5,8-9H,4,6-7H2,1-2H3;1H3;;(H,2,3,4)/q;;-1;+1;/t11-,14?;8-;;;/m00.../s1. The number of nitrogens with zero attached hydrogens (tertiary/aromatic N) is 2. The first-order valence-corrected chi connectivity index (χ1v) is 16.4. The second-order valence-corrected chi connectivity index (χ2v) is 18.9. The topological polar surface area (TPSA) is 108 Å². The van der Waals surface area contributed by atoms with Crippen molar-refractivity contribution >= 4 is 16.1 Å². The van der Waals surface area contributed by atoms with Crippen LogP contribution in [0.2, 0.25) is 49.9 Å². The minimum Gasteiger partial charge on any atom is -0.389 e. The molecular formula is C20H39AgN2O5Si2. The Morgan fingerprint density at radius 3 is 2.07 bits per heavy atom. The van der Waals surface area contributed by atoms with Crippen LogP contribution in [0, 0.1) is 24.1 Å². The fourth-order valence-corrected chi connectivity index (χ4v) is 9.74. The van der Waals surface area contributed by atoms with Crippen molar-refractivity contribution in [2.24, 2.45) is 0 Å². The van der Waals surface area contributed by atoms with Crippen LogP contribution in [0.3, 0.4) is 0 Å². The monoisotopic (exact) mass is 550 g/mol. The van der Waals surface area contributed by atoms with Crippen molar-refractivity contribution in [2.45, 2.75) is 81.3 Å². The van der Waals surface area contributed by atoms with E-state index in [0.29, 0.717) is 6.54 Å². The van der Waals surface area contributed by atoms with Gasteiger partial charge in [0.2, 0.25) is 6.54 Å². The number of hydrogen-bond acceptors (Lipinski definition) is 4. The van der Waals surface area contributed by atoms with E-state index in [0.717, 1.165) is 24.9 Å². The molecule has 2 heterocycles. The van der Waals surface area contributed by atoms with Gasteiger partial charge in [-0.05, 0) is 24.9 Å². The molecule has 10 heteroatoms. The summed E-state index contributed by atoms with van der Waals surface area (Å²) in [4.78, 5) is 11.7. The molecule has 0 spiro atoms. The molecular weight excluding hydrogens is 512 g/mol. The number of aliphatic hydroxyl groups excluding tert-OH is 2. The Morgan fingerprint density at radius 1 is 1.10 bits per heavy atom. The molecule has 0 aliphatic carbocycles. The Labute approximate surface area is 199 Å². The van der Waals surface area contributed by atoms with Gasteiger partial charge < -0.3 is 27.7 Å². The maximum Gasteiger partial charge on any atom is 1.00 e. The molecule has 0 aromatic heterocycles. The Bertz CT molecular complexity index is 566. The van der Waals surface area contributed by atoms with E-state index in [1.54, 1.807) is 0 Å². The second-order valence-electron chi connectivity index (χ2n) is 8.67. The number of allylic oxidation sites excluding steroid dienone is 2. The summed E-state index contributed by atoms with van der Waals surface area (Å²) in [6.45, 7) is 14.5. The third-order valence-corrected chi connectivity index (χ3v) is 12.8. The average molecular weight is 552 g/mol. The summed E-state index contributed by atoms with van der Waals surface area (Å²) < 4.78 is 0. The van der Waals surface area contributed by atoms with Gasteiger partial charge in [-0.1, -0.05) is 62.1 Å². The number of hydrogen-bond donors (Lipinski definition) is 3. The third kappa shape index (κ3) is 19.2. The maximum atomic E-state index is 9.67. The Kier molecular flexibility index (Phi) is 20.2. The summed E-state index contributed by atoms with van der Waals surface area (Å²) in [7, 11) is -2.26. The average Bonchev–Trinajstić information content (AvgIpc) is 2.82. The maximum absolute atomic E-state index is 9.67. The van der Waals surface area contributed by atoms with Crippen molar-refractivity contribution in [3.63, 3.8) is 0 Å². The van der Waals surface area contributed by atoms with Crippen LogP contribution in [-0.2, 0) is 22.4 Å².